The van der Waals surface area contributed by atoms with Crippen LogP contribution in [-0.2, 0) is 0 Å². The van der Waals surface area contributed by atoms with Crippen LogP contribution in [0.2, 0.25) is 0 Å². The molecule has 1 aromatic carbocycles. The Morgan fingerprint density at radius 3 is 2.94 bits per heavy atom. The van der Waals surface area contributed by atoms with Crippen molar-refractivity contribution in [3.05, 3.63) is 12.1 Å². The van der Waals surface area contributed by atoms with Gasteiger partial charge in [-0.25, -0.2) is 4.63 Å². The summed E-state index contributed by atoms with van der Waals surface area (Å²) < 4.78 is 10.8. The lowest BCUT2D eigenvalue weighted by Crippen LogP contribution is -2.24. The Labute approximate surface area is 105 Å². The van der Waals surface area contributed by atoms with Gasteiger partial charge >= 0.3 is 0 Å². The molecule has 1 aromatic heterocycles. The van der Waals surface area contributed by atoms with Crippen molar-refractivity contribution in [1.29, 1.82) is 0 Å². The minimum Gasteiger partial charge on any atom is -0.488 e. The third-order valence-electron chi connectivity index (χ3n) is 3.59. The van der Waals surface area contributed by atoms with E-state index in [1.165, 1.54) is 12.8 Å². The highest BCUT2D eigenvalue weighted by molar-refractivity contribution is 5.90. The molecule has 1 saturated carbocycles. The molecule has 0 spiro atoms. The molecule has 0 aliphatic heterocycles. The molecule has 0 radical (unpaired) electrons. The van der Waals surface area contributed by atoms with Gasteiger partial charge in [0.05, 0.1) is 11.8 Å². The number of nitrogen functional groups attached to an aromatic ring is 1. The van der Waals surface area contributed by atoms with Crippen LogP contribution in [-0.4, -0.2) is 16.4 Å². The third kappa shape index (κ3) is 2.00. The van der Waals surface area contributed by atoms with Gasteiger partial charge < -0.3 is 10.5 Å². The highest BCUT2D eigenvalue weighted by Crippen LogP contribution is 2.32. The molecule has 96 valence electrons. The van der Waals surface area contributed by atoms with Crippen LogP contribution < -0.4 is 10.5 Å². The van der Waals surface area contributed by atoms with Crippen LogP contribution in [0.15, 0.2) is 16.8 Å². The smallest absolute Gasteiger partial charge is 0.179 e. The molecule has 2 N–H and O–H groups in total. The summed E-state index contributed by atoms with van der Waals surface area (Å²) in [5.74, 6) is 1.45. The maximum absolute atomic E-state index is 6.03. The van der Waals surface area contributed by atoms with Crippen molar-refractivity contribution < 1.29 is 9.37 Å². The number of aromatic nitrogens is 2. The predicted octanol–water partition coefficient (Wildman–Crippen LogP) is 2.76. The molecule has 0 saturated heterocycles. The van der Waals surface area contributed by atoms with Gasteiger partial charge in [0.1, 0.15) is 0 Å². The second-order valence-corrected chi connectivity index (χ2v) is 5.13. The van der Waals surface area contributed by atoms with Gasteiger partial charge in [-0.1, -0.05) is 13.3 Å². The Morgan fingerprint density at radius 2 is 2.11 bits per heavy atom. The molecule has 2 aromatic rings. The summed E-state index contributed by atoms with van der Waals surface area (Å²) in [4.78, 5) is 0. The van der Waals surface area contributed by atoms with E-state index in [4.69, 9.17) is 15.1 Å². The Morgan fingerprint density at radius 1 is 1.28 bits per heavy atom. The SMILES string of the molecule is CC1CCCC(Oc2ccc(N)c3nonc23)C1. The molecule has 0 bridgehead atoms. The molecule has 1 fully saturated rings. The first-order valence-corrected chi connectivity index (χ1v) is 6.41. The van der Waals surface area contributed by atoms with Gasteiger partial charge in [0, 0.05) is 0 Å². The second-order valence-electron chi connectivity index (χ2n) is 5.13. The molecular formula is C13H17N3O2. The molecule has 1 heterocycles. The summed E-state index contributed by atoms with van der Waals surface area (Å²) >= 11 is 0. The number of benzene rings is 1. The summed E-state index contributed by atoms with van der Waals surface area (Å²) in [5, 5.41) is 7.67. The fourth-order valence-corrected chi connectivity index (χ4v) is 2.62. The van der Waals surface area contributed by atoms with E-state index in [2.05, 4.69) is 17.2 Å². The number of fused-ring (bicyclic) bond motifs is 1. The number of ether oxygens (including phenoxy) is 1. The lowest BCUT2D eigenvalue weighted by Gasteiger charge is -2.27. The fraction of sp³-hybridized carbons (Fsp3) is 0.538. The zero-order valence-electron chi connectivity index (χ0n) is 10.4. The van der Waals surface area contributed by atoms with E-state index in [-0.39, 0.29) is 6.10 Å². The highest BCUT2D eigenvalue weighted by Gasteiger charge is 2.22. The van der Waals surface area contributed by atoms with Gasteiger partial charge in [0.25, 0.3) is 0 Å². The molecule has 0 amide bonds. The van der Waals surface area contributed by atoms with Crippen LogP contribution in [0.5, 0.6) is 5.75 Å². The maximum Gasteiger partial charge on any atom is 0.179 e. The normalized spacial score (nSPS) is 24.3. The number of anilines is 1. The van der Waals surface area contributed by atoms with Gasteiger partial charge in [0.2, 0.25) is 0 Å². The second kappa shape index (κ2) is 4.48. The monoisotopic (exact) mass is 247 g/mol. The summed E-state index contributed by atoms with van der Waals surface area (Å²) in [7, 11) is 0. The summed E-state index contributed by atoms with van der Waals surface area (Å²) in [6.45, 7) is 2.27. The van der Waals surface area contributed by atoms with Crippen LogP contribution in [0.4, 0.5) is 5.69 Å². The average molecular weight is 247 g/mol. The first kappa shape index (κ1) is 11.3. The molecule has 5 nitrogen and oxygen atoms in total. The quantitative estimate of drug-likeness (QED) is 0.826. The van der Waals surface area contributed by atoms with Crippen LogP contribution in [0.3, 0.4) is 0 Å². The molecule has 2 atom stereocenters. The standard InChI is InChI=1S/C13H17N3O2/c1-8-3-2-4-9(7-8)17-11-6-5-10(14)12-13(11)16-18-15-12/h5-6,8-9H,2-4,7,14H2,1H3. The first-order chi connectivity index (χ1) is 8.74. The zero-order chi connectivity index (χ0) is 12.5. The summed E-state index contributed by atoms with van der Waals surface area (Å²) in [6.07, 6.45) is 4.97. The number of hydrogen-bond donors (Lipinski definition) is 1. The predicted molar refractivity (Wildman–Crippen MR) is 68.3 cm³/mol. The van der Waals surface area contributed by atoms with E-state index in [0.717, 1.165) is 24.5 Å². The minimum atomic E-state index is 0.261. The van der Waals surface area contributed by atoms with Gasteiger partial charge in [0.15, 0.2) is 16.8 Å². The van der Waals surface area contributed by atoms with Crippen molar-refractivity contribution in [2.75, 3.05) is 5.73 Å². The molecule has 5 heteroatoms. The Bertz CT molecular complexity index is 552. The average Bonchev–Trinajstić information content (AvgIpc) is 2.83. The topological polar surface area (TPSA) is 74.2 Å². The lowest BCUT2D eigenvalue weighted by molar-refractivity contribution is 0.130. The van der Waals surface area contributed by atoms with Gasteiger partial charge in [-0.3, -0.25) is 0 Å². The van der Waals surface area contributed by atoms with Crippen LogP contribution in [0.1, 0.15) is 32.6 Å². The molecule has 1 aliphatic rings. The van der Waals surface area contributed by atoms with Crippen LogP contribution >= 0.6 is 0 Å². The largest absolute Gasteiger partial charge is 0.488 e. The summed E-state index contributed by atoms with van der Waals surface area (Å²) in [5.41, 5.74) is 7.57. The number of hydrogen-bond acceptors (Lipinski definition) is 5. The van der Waals surface area contributed by atoms with E-state index >= 15 is 0 Å². The molecule has 2 unspecified atom stereocenters. The van der Waals surface area contributed by atoms with E-state index in [1.54, 1.807) is 6.07 Å². The van der Waals surface area contributed by atoms with Crippen molar-refractivity contribution in [1.82, 2.24) is 10.3 Å². The third-order valence-corrected chi connectivity index (χ3v) is 3.59. The van der Waals surface area contributed by atoms with Crippen LogP contribution in [0.25, 0.3) is 11.0 Å². The number of rotatable bonds is 2. The Hall–Kier alpha value is -1.78. The Balaban J connectivity index is 1.86. The molecule has 3 rings (SSSR count). The maximum atomic E-state index is 6.03. The molecule has 1 aliphatic carbocycles. The number of nitrogens with two attached hydrogens (primary N) is 1. The molecular weight excluding hydrogens is 230 g/mol. The highest BCUT2D eigenvalue weighted by atomic mass is 16.6. The fourth-order valence-electron chi connectivity index (χ4n) is 2.62. The summed E-state index contributed by atoms with van der Waals surface area (Å²) in [6, 6.07) is 3.63. The van der Waals surface area contributed by atoms with E-state index < -0.39 is 0 Å². The van der Waals surface area contributed by atoms with Crippen molar-refractivity contribution in [2.24, 2.45) is 5.92 Å². The minimum absolute atomic E-state index is 0.261. The van der Waals surface area contributed by atoms with Crippen molar-refractivity contribution in [3.63, 3.8) is 0 Å². The number of nitrogens with zero attached hydrogens (tertiary/aromatic N) is 2. The van der Waals surface area contributed by atoms with Gasteiger partial charge in [-0.2, -0.15) is 0 Å². The first-order valence-electron chi connectivity index (χ1n) is 6.41. The van der Waals surface area contributed by atoms with Crippen LogP contribution in [0, 0.1) is 5.92 Å². The van der Waals surface area contributed by atoms with E-state index in [1.807, 2.05) is 6.07 Å². The van der Waals surface area contributed by atoms with Gasteiger partial charge in [-0.15, -0.1) is 0 Å². The Kier molecular flexibility index (Phi) is 2.81. The van der Waals surface area contributed by atoms with Crippen molar-refractivity contribution >= 4 is 16.7 Å². The lowest BCUT2D eigenvalue weighted by atomic mass is 9.89. The van der Waals surface area contributed by atoms with E-state index in [9.17, 15) is 0 Å². The van der Waals surface area contributed by atoms with Crippen molar-refractivity contribution in [3.8, 4) is 5.75 Å². The van der Waals surface area contributed by atoms with E-state index in [0.29, 0.717) is 16.7 Å². The zero-order valence-corrected chi connectivity index (χ0v) is 10.4. The molecule has 18 heavy (non-hydrogen) atoms. The van der Waals surface area contributed by atoms with Crippen molar-refractivity contribution in [2.45, 2.75) is 38.7 Å². The van der Waals surface area contributed by atoms with Gasteiger partial charge in [-0.05, 0) is 47.6 Å².